The van der Waals surface area contributed by atoms with E-state index in [1.165, 1.54) is 6.20 Å². The molecule has 0 aliphatic rings. The Morgan fingerprint density at radius 3 is 2.63 bits per heavy atom. The summed E-state index contributed by atoms with van der Waals surface area (Å²) in [7, 11) is 0. The fourth-order valence-electron chi connectivity index (χ4n) is 2.52. The predicted molar refractivity (Wildman–Crippen MR) is 102 cm³/mol. The first-order valence-corrected chi connectivity index (χ1v) is 8.31. The number of aromatic amines is 1. The standard InChI is InChI=1S/C19H17N7O/c1-2-13-7-3-5-9-16(13)22-19(27)15-8-4-6-10-17(15)21-12-14(11-20)18-23-25-26-24-18/h3-10,12,21H,2H2,1H3,(H,22,27)(H,23,24,25,26). The van der Waals surface area contributed by atoms with E-state index in [2.05, 4.69) is 31.3 Å². The quantitative estimate of drug-likeness (QED) is 0.582. The molecule has 3 N–H and O–H groups in total. The van der Waals surface area contributed by atoms with Crippen LogP contribution in [-0.2, 0) is 6.42 Å². The van der Waals surface area contributed by atoms with Gasteiger partial charge in [0.2, 0.25) is 5.82 Å². The summed E-state index contributed by atoms with van der Waals surface area (Å²) in [6.07, 6.45) is 2.26. The molecule has 1 aromatic heterocycles. The van der Waals surface area contributed by atoms with Gasteiger partial charge in [0.25, 0.3) is 5.91 Å². The Labute approximate surface area is 155 Å². The third-order valence-electron chi connectivity index (χ3n) is 3.90. The largest absolute Gasteiger partial charge is 0.360 e. The lowest BCUT2D eigenvalue weighted by molar-refractivity contribution is 0.102. The number of carbonyl (C=O) groups is 1. The third-order valence-corrected chi connectivity index (χ3v) is 3.90. The van der Waals surface area contributed by atoms with Crippen LogP contribution in [0.15, 0.2) is 54.7 Å². The van der Waals surface area contributed by atoms with Crippen molar-refractivity contribution in [3.8, 4) is 6.07 Å². The first kappa shape index (κ1) is 17.8. The second-order valence-corrected chi connectivity index (χ2v) is 5.56. The molecule has 0 aliphatic heterocycles. The lowest BCUT2D eigenvalue weighted by atomic mass is 10.1. The first-order chi connectivity index (χ1) is 13.2. The Morgan fingerprint density at radius 1 is 1.19 bits per heavy atom. The van der Waals surface area contributed by atoms with Crippen LogP contribution in [0.4, 0.5) is 11.4 Å². The average molecular weight is 359 g/mol. The number of nitrogens with one attached hydrogen (secondary N) is 3. The number of benzene rings is 2. The van der Waals surface area contributed by atoms with E-state index in [4.69, 9.17) is 0 Å². The van der Waals surface area contributed by atoms with Crippen LogP contribution >= 0.6 is 0 Å². The van der Waals surface area contributed by atoms with Gasteiger partial charge in [0.1, 0.15) is 11.6 Å². The maximum Gasteiger partial charge on any atom is 0.257 e. The molecule has 134 valence electrons. The number of nitrogens with zero attached hydrogens (tertiary/aromatic N) is 4. The van der Waals surface area contributed by atoms with Crippen molar-refractivity contribution in [2.24, 2.45) is 0 Å². The van der Waals surface area contributed by atoms with Crippen molar-refractivity contribution in [2.75, 3.05) is 10.6 Å². The van der Waals surface area contributed by atoms with Crippen LogP contribution in [0.1, 0.15) is 28.7 Å². The SMILES string of the molecule is CCc1ccccc1NC(=O)c1ccccc1NC=C(C#N)c1nn[nH]n1. The van der Waals surface area contributed by atoms with Crippen molar-refractivity contribution in [2.45, 2.75) is 13.3 Å². The molecule has 0 aliphatic carbocycles. The molecule has 0 atom stereocenters. The van der Waals surface area contributed by atoms with Crippen LogP contribution in [-0.4, -0.2) is 26.5 Å². The summed E-state index contributed by atoms with van der Waals surface area (Å²) < 4.78 is 0. The highest BCUT2D eigenvalue weighted by Gasteiger charge is 2.13. The van der Waals surface area contributed by atoms with Crippen LogP contribution in [0.3, 0.4) is 0 Å². The van der Waals surface area contributed by atoms with Gasteiger partial charge in [0, 0.05) is 11.9 Å². The minimum Gasteiger partial charge on any atom is -0.360 e. The van der Waals surface area contributed by atoms with Gasteiger partial charge in [0.05, 0.1) is 11.3 Å². The second-order valence-electron chi connectivity index (χ2n) is 5.56. The van der Waals surface area contributed by atoms with Gasteiger partial charge < -0.3 is 10.6 Å². The van der Waals surface area contributed by atoms with Gasteiger partial charge >= 0.3 is 0 Å². The van der Waals surface area contributed by atoms with Crippen LogP contribution in [0.5, 0.6) is 0 Å². The number of amides is 1. The minimum absolute atomic E-state index is 0.170. The minimum atomic E-state index is -0.245. The molecule has 3 aromatic rings. The van der Waals surface area contributed by atoms with E-state index < -0.39 is 0 Å². The highest BCUT2D eigenvalue weighted by atomic mass is 16.1. The smallest absolute Gasteiger partial charge is 0.257 e. The zero-order valence-corrected chi connectivity index (χ0v) is 14.6. The van der Waals surface area contributed by atoms with Crippen LogP contribution in [0, 0.1) is 11.3 Å². The maximum atomic E-state index is 12.8. The van der Waals surface area contributed by atoms with Gasteiger partial charge in [-0.1, -0.05) is 37.3 Å². The lowest BCUT2D eigenvalue weighted by Gasteiger charge is -2.12. The zero-order chi connectivity index (χ0) is 19.1. The fraction of sp³-hybridized carbons (Fsp3) is 0.105. The molecule has 0 unspecified atom stereocenters. The summed E-state index contributed by atoms with van der Waals surface area (Å²) in [6.45, 7) is 2.03. The normalized spacial score (nSPS) is 10.9. The Bertz CT molecular complexity index is 1000. The molecular weight excluding hydrogens is 342 g/mol. The molecule has 8 nitrogen and oxygen atoms in total. The summed E-state index contributed by atoms with van der Waals surface area (Å²) in [5, 5.41) is 28.5. The number of hydrogen-bond donors (Lipinski definition) is 3. The van der Waals surface area contributed by atoms with E-state index in [0.29, 0.717) is 11.3 Å². The molecule has 27 heavy (non-hydrogen) atoms. The van der Waals surface area contributed by atoms with Gasteiger partial charge in [-0.2, -0.15) is 10.5 Å². The third kappa shape index (κ3) is 4.16. The van der Waals surface area contributed by atoms with E-state index in [1.807, 2.05) is 37.3 Å². The van der Waals surface area contributed by atoms with Crippen molar-refractivity contribution in [1.29, 1.82) is 5.26 Å². The van der Waals surface area contributed by atoms with Crippen LogP contribution < -0.4 is 10.6 Å². The Kier molecular flexibility index (Phi) is 5.54. The molecule has 0 fully saturated rings. The Balaban J connectivity index is 1.83. The average Bonchev–Trinajstić information content (AvgIpc) is 3.24. The molecule has 8 heteroatoms. The number of allylic oxidation sites excluding steroid dienone is 1. The molecule has 3 rings (SSSR count). The predicted octanol–water partition coefficient (Wildman–Crippen LogP) is 2.99. The van der Waals surface area contributed by atoms with E-state index >= 15 is 0 Å². The van der Waals surface area contributed by atoms with Gasteiger partial charge in [0.15, 0.2) is 0 Å². The van der Waals surface area contributed by atoms with Crippen LogP contribution in [0.25, 0.3) is 5.57 Å². The number of aryl methyl sites for hydroxylation is 1. The van der Waals surface area contributed by atoms with Gasteiger partial charge in [-0.15, -0.1) is 10.2 Å². The highest BCUT2D eigenvalue weighted by Crippen LogP contribution is 2.21. The second kappa shape index (κ2) is 8.40. The molecule has 0 saturated carbocycles. The molecule has 0 spiro atoms. The summed E-state index contributed by atoms with van der Waals surface area (Å²) in [5.41, 5.74) is 3.03. The Morgan fingerprint density at radius 2 is 1.93 bits per heavy atom. The number of tetrazole rings is 1. The topological polar surface area (TPSA) is 119 Å². The van der Waals surface area contributed by atoms with E-state index in [1.54, 1.807) is 24.3 Å². The van der Waals surface area contributed by atoms with Crippen molar-refractivity contribution in [1.82, 2.24) is 20.6 Å². The lowest BCUT2D eigenvalue weighted by Crippen LogP contribution is -2.15. The summed E-state index contributed by atoms with van der Waals surface area (Å²) >= 11 is 0. The van der Waals surface area contributed by atoms with E-state index in [9.17, 15) is 10.1 Å². The number of H-pyrrole nitrogens is 1. The first-order valence-electron chi connectivity index (χ1n) is 8.31. The maximum absolute atomic E-state index is 12.8. The number of hydrogen-bond acceptors (Lipinski definition) is 6. The monoisotopic (exact) mass is 359 g/mol. The van der Waals surface area contributed by atoms with Crippen molar-refractivity contribution >= 4 is 22.9 Å². The van der Waals surface area contributed by atoms with E-state index in [0.717, 1.165) is 17.7 Å². The van der Waals surface area contributed by atoms with Crippen molar-refractivity contribution < 1.29 is 4.79 Å². The number of anilines is 2. The number of rotatable bonds is 6. The summed E-state index contributed by atoms with van der Waals surface area (Å²) in [6, 6.07) is 16.7. The Hall–Kier alpha value is -3.99. The summed E-state index contributed by atoms with van der Waals surface area (Å²) in [5.74, 6) is -0.0747. The summed E-state index contributed by atoms with van der Waals surface area (Å²) in [4.78, 5) is 12.8. The molecule has 1 amide bonds. The van der Waals surface area contributed by atoms with Gasteiger partial charge in [-0.3, -0.25) is 4.79 Å². The van der Waals surface area contributed by atoms with E-state index in [-0.39, 0.29) is 17.3 Å². The molecule has 0 radical (unpaired) electrons. The van der Waals surface area contributed by atoms with Crippen molar-refractivity contribution in [3.05, 3.63) is 71.7 Å². The fourth-order valence-corrected chi connectivity index (χ4v) is 2.52. The van der Waals surface area contributed by atoms with Crippen molar-refractivity contribution in [3.63, 3.8) is 0 Å². The zero-order valence-electron chi connectivity index (χ0n) is 14.6. The number of carbonyl (C=O) groups excluding carboxylic acids is 1. The molecular formula is C19H17N7O. The molecule has 1 heterocycles. The molecule has 0 bridgehead atoms. The molecule has 2 aromatic carbocycles. The number of para-hydroxylation sites is 2. The number of aromatic nitrogens is 4. The van der Waals surface area contributed by atoms with Gasteiger partial charge in [-0.05, 0) is 35.4 Å². The molecule has 0 saturated heterocycles. The van der Waals surface area contributed by atoms with Gasteiger partial charge in [-0.25, -0.2) is 0 Å². The van der Waals surface area contributed by atoms with Crippen LogP contribution in [0.2, 0.25) is 0 Å². The number of nitriles is 1. The highest BCUT2D eigenvalue weighted by molar-refractivity contribution is 6.08.